The average Bonchev–Trinajstić information content (AvgIpc) is 2.71. The summed E-state index contributed by atoms with van der Waals surface area (Å²) in [6.07, 6.45) is 16.2. The molecule has 2 saturated carbocycles. The lowest BCUT2D eigenvalue weighted by Crippen LogP contribution is -2.48. The van der Waals surface area contributed by atoms with E-state index < -0.39 is 0 Å². The van der Waals surface area contributed by atoms with Gasteiger partial charge >= 0.3 is 0 Å². The van der Waals surface area contributed by atoms with Gasteiger partial charge in [0.05, 0.1) is 0 Å². The molecule has 0 heterocycles. The van der Waals surface area contributed by atoms with Crippen molar-refractivity contribution >= 4 is 0 Å². The fraction of sp³-hybridized carbons (Fsp3) is 0.846. The molecule has 0 aromatic rings. The molecule has 0 saturated heterocycles. The highest BCUT2D eigenvalue weighted by molar-refractivity contribution is 5.07. The molecule has 0 aromatic heterocycles. The van der Waals surface area contributed by atoms with Crippen molar-refractivity contribution in [3.05, 3.63) is 12.2 Å². The van der Waals surface area contributed by atoms with Crippen LogP contribution in [0.25, 0.3) is 0 Å². The molecule has 14 heavy (non-hydrogen) atoms. The van der Waals surface area contributed by atoms with Gasteiger partial charge in [0.2, 0.25) is 0 Å². The van der Waals surface area contributed by atoms with Crippen molar-refractivity contribution in [1.82, 2.24) is 5.32 Å². The Hall–Kier alpha value is -0.300. The van der Waals surface area contributed by atoms with Crippen molar-refractivity contribution in [2.24, 2.45) is 5.41 Å². The zero-order chi connectivity index (χ0) is 9.43. The summed E-state index contributed by atoms with van der Waals surface area (Å²) < 4.78 is 0. The average molecular weight is 191 g/mol. The summed E-state index contributed by atoms with van der Waals surface area (Å²) in [7, 11) is 0. The van der Waals surface area contributed by atoms with Crippen molar-refractivity contribution in [1.29, 1.82) is 0 Å². The maximum Gasteiger partial charge on any atom is 0.0255 e. The summed E-state index contributed by atoms with van der Waals surface area (Å²) in [5.41, 5.74) is 0.746. The molecule has 0 aliphatic heterocycles. The molecule has 3 aliphatic rings. The van der Waals surface area contributed by atoms with E-state index in [-0.39, 0.29) is 0 Å². The summed E-state index contributed by atoms with van der Waals surface area (Å²) in [4.78, 5) is 0. The molecule has 2 atom stereocenters. The first kappa shape index (κ1) is 8.96. The minimum Gasteiger partial charge on any atom is -0.307 e. The van der Waals surface area contributed by atoms with Crippen molar-refractivity contribution in [3.8, 4) is 0 Å². The summed E-state index contributed by atoms with van der Waals surface area (Å²) in [5.74, 6) is 0. The van der Waals surface area contributed by atoms with Crippen LogP contribution in [-0.4, -0.2) is 12.1 Å². The van der Waals surface area contributed by atoms with Crippen LogP contribution in [0.15, 0.2) is 12.2 Å². The van der Waals surface area contributed by atoms with Gasteiger partial charge in [-0.2, -0.15) is 0 Å². The van der Waals surface area contributed by atoms with E-state index in [0.717, 1.165) is 11.5 Å². The monoisotopic (exact) mass is 191 g/mol. The minimum absolute atomic E-state index is 0.704. The molecule has 2 unspecified atom stereocenters. The highest BCUT2D eigenvalue weighted by Crippen LogP contribution is 2.53. The highest BCUT2D eigenvalue weighted by atomic mass is 15.0. The van der Waals surface area contributed by atoms with Gasteiger partial charge in [0.25, 0.3) is 0 Å². The Morgan fingerprint density at radius 1 is 1.07 bits per heavy atom. The van der Waals surface area contributed by atoms with E-state index in [1.807, 2.05) is 0 Å². The Morgan fingerprint density at radius 2 is 1.93 bits per heavy atom. The van der Waals surface area contributed by atoms with Gasteiger partial charge in [-0.3, -0.25) is 0 Å². The zero-order valence-electron chi connectivity index (χ0n) is 8.97. The Balaban J connectivity index is 1.63. The van der Waals surface area contributed by atoms with Crippen molar-refractivity contribution < 1.29 is 0 Å². The number of rotatable bonds is 2. The molecule has 0 aromatic carbocycles. The summed E-state index contributed by atoms with van der Waals surface area (Å²) in [5, 5.41) is 3.88. The Bertz CT molecular complexity index is 240. The number of hydrogen-bond donors (Lipinski definition) is 1. The smallest absolute Gasteiger partial charge is 0.0255 e. The van der Waals surface area contributed by atoms with E-state index >= 15 is 0 Å². The Labute approximate surface area is 87.0 Å². The molecule has 78 valence electrons. The van der Waals surface area contributed by atoms with Gasteiger partial charge in [-0.05, 0) is 43.9 Å². The van der Waals surface area contributed by atoms with Gasteiger partial charge < -0.3 is 5.32 Å². The van der Waals surface area contributed by atoms with Crippen LogP contribution in [0.5, 0.6) is 0 Å². The van der Waals surface area contributed by atoms with Gasteiger partial charge in [0.1, 0.15) is 0 Å². The molecule has 0 bridgehead atoms. The second-order valence-corrected chi connectivity index (χ2v) is 5.44. The fourth-order valence-electron chi connectivity index (χ4n) is 3.66. The zero-order valence-corrected chi connectivity index (χ0v) is 8.97. The van der Waals surface area contributed by atoms with Crippen LogP contribution in [0.2, 0.25) is 0 Å². The van der Waals surface area contributed by atoms with E-state index in [2.05, 4.69) is 17.5 Å². The molecule has 1 nitrogen and oxygen atoms in total. The van der Waals surface area contributed by atoms with Gasteiger partial charge in [-0.15, -0.1) is 0 Å². The maximum absolute atomic E-state index is 3.88. The summed E-state index contributed by atoms with van der Waals surface area (Å²) in [6.45, 7) is 0. The highest BCUT2D eigenvalue weighted by Gasteiger charge is 2.47. The quantitative estimate of drug-likeness (QED) is 0.662. The standard InChI is InChI=1S/C13H21N/c1-2-6-11(5-1)14-12-7-3-8-13(12)9-4-10-13/h1,5,11-12,14H,2-4,6-10H2. The first-order valence-electron chi connectivity index (χ1n) is 6.32. The molecular weight excluding hydrogens is 170 g/mol. The third-order valence-electron chi connectivity index (χ3n) is 4.68. The molecule has 0 radical (unpaired) electrons. The number of nitrogens with one attached hydrogen (secondary N) is 1. The van der Waals surface area contributed by atoms with E-state index in [0.29, 0.717) is 6.04 Å². The number of allylic oxidation sites excluding steroid dienone is 1. The fourth-order valence-corrected chi connectivity index (χ4v) is 3.66. The molecule has 1 heteroatoms. The largest absolute Gasteiger partial charge is 0.307 e. The van der Waals surface area contributed by atoms with Crippen molar-refractivity contribution in [2.75, 3.05) is 0 Å². The predicted molar refractivity (Wildman–Crippen MR) is 59.2 cm³/mol. The molecule has 3 rings (SSSR count). The lowest BCUT2D eigenvalue weighted by molar-refractivity contribution is 0.0971. The van der Waals surface area contributed by atoms with Crippen LogP contribution < -0.4 is 5.32 Å². The Morgan fingerprint density at radius 3 is 2.57 bits per heavy atom. The third-order valence-corrected chi connectivity index (χ3v) is 4.68. The molecular formula is C13H21N. The topological polar surface area (TPSA) is 12.0 Å². The second-order valence-electron chi connectivity index (χ2n) is 5.44. The van der Waals surface area contributed by atoms with Crippen LogP contribution in [0.3, 0.4) is 0 Å². The van der Waals surface area contributed by atoms with Gasteiger partial charge in [0, 0.05) is 12.1 Å². The first-order valence-corrected chi connectivity index (χ1v) is 6.32. The number of hydrogen-bond acceptors (Lipinski definition) is 1. The normalized spacial score (nSPS) is 39.1. The van der Waals surface area contributed by atoms with E-state index in [4.69, 9.17) is 0 Å². The van der Waals surface area contributed by atoms with Crippen LogP contribution >= 0.6 is 0 Å². The molecule has 1 spiro atoms. The molecule has 2 fully saturated rings. The molecule has 0 amide bonds. The van der Waals surface area contributed by atoms with E-state index in [9.17, 15) is 0 Å². The second kappa shape index (κ2) is 3.37. The van der Waals surface area contributed by atoms with Crippen LogP contribution in [0.4, 0.5) is 0 Å². The van der Waals surface area contributed by atoms with Crippen molar-refractivity contribution in [2.45, 2.75) is 63.5 Å². The molecule has 3 aliphatic carbocycles. The molecule has 1 N–H and O–H groups in total. The SMILES string of the molecule is C1=CC(NC2CCCC23CCC3)CC1. The van der Waals surface area contributed by atoms with Gasteiger partial charge in [0.15, 0.2) is 0 Å². The van der Waals surface area contributed by atoms with E-state index in [1.165, 1.54) is 51.4 Å². The summed E-state index contributed by atoms with van der Waals surface area (Å²) >= 11 is 0. The summed E-state index contributed by atoms with van der Waals surface area (Å²) in [6, 6.07) is 1.56. The third kappa shape index (κ3) is 1.33. The lowest BCUT2D eigenvalue weighted by atomic mass is 9.65. The predicted octanol–water partition coefficient (Wildman–Crippen LogP) is 3.02. The van der Waals surface area contributed by atoms with Crippen LogP contribution in [0.1, 0.15) is 51.4 Å². The van der Waals surface area contributed by atoms with Gasteiger partial charge in [-0.25, -0.2) is 0 Å². The Kier molecular flexibility index (Phi) is 2.16. The first-order chi connectivity index (χ1) is 6.89. The van der Waals surface area contributed by atoms with Crippen LogP contribution in [-0.2, 0) is 0 Å². The van der Waals surface area contributed by atoms with Crippen molar-refractivity contribution in [3.63, 3.8) is 0 Å². The van der Waals surface area contributed by atoms with Crippen LogP contribution in [0, 0.1) is 5.41 Å². The maximum atomic E-state index is 3.88. The minimum atomic E-state index is 0.704. The van der Waals surface area contributed by atoms with Gasteiger partial charge in [-0.1, -0.05) is 25.0 Å². The lowest BCUT2D eigenvalue weighted by Gasteiger charge is -2.44. The van der Waals surface area contributed by atoms with E-state index in [1.54, 1.807) is 0 Å².